The van der Waals surface area contributed by atoms with E-state index in [1.54, 1.807) is 0 Å². The Morgan fingerprint density at radius 1 is 0.689 bits per heavy atom. The van der Waals surface area contributed by atoms with Crippen LogP contribution in [-0.2, 0) is 6.54 Å². The Kier molecular flexibility index (Phi) is 10.8. The van der Waals surface area contributed by atoms with E-state index in [2.05, 4.69) is 116 Å². The molecule has 61 heavy (non-hydrogen) atoms. The zero-order valence-corrected chi connectivity index (χ0v) is 34.9. The van der Waals surface area contributed by atoms with Crippen LogP contribution in [0.2, 0.25) is 5.15 Å². The van der Waals surface area contributed by atoms with Crippen LogP contribution in [0.15, 0.2) is 189 Å². The van der Waals surface area contributed by atoms with Gasteiger partial charge in [-0.05, 0) is 64.1 Å². The molecule has 0 spiro atoms. The van der Waals surface area contributed by atoms with Gasteiger partial charge in [-0.3, -0.25) is 4.98 Å². The average Bonchev–Trinajstić information content (AvgIpc) is 3.32. The number of nitrogens with zero attached hydrogens (tertiary/aromatic N) is 4. The Labute approximate surface area is 363 Å². The Hall–Kier alpha value is -6.40. The van der Waals surface area contributed by atoms with E-state index in [0.717, 1.165) is 64.6 Å². The quantitative estimate of drug-likeness (QED) is 0.0700. The van der Waals surface area contributed by atoms with Gasteiger partial charge in [0.2, 0.25) is 5.88 Å². The minimum absolute atomic E-state index is 0.304. The smallest absolute Gasteiger partial charge is 0.227 e. The molecule has 300 valence electrons. The second-order valence-electron chi connectivity index (χ2n) is 16.8. The zero-order chi connectivity index (χ0) is 41.2. The van der Waals surface area contributed by atoms with Crippen molar-refractivity contribution in [2.45, 2.75) is 38.0 Å². The van der Waals surface area contributed by atoms with Gasteiger partial charge in [0, 0.05) is 53.5 Å². The molecule has 6 heteroatoms. The predicted octanol–water partition coefficient (Wildman–Crippen LogP) is 13.5. The molecule has 0 aliphatic carbocycles. The molecule has 2 aromatic heterocycles. The van der Waals surface area contributed by atoms with Gasteiger partial charge < -0.3 is 9.22 Å². The van der Waals surface area contributed by atoms with Crippen LogP contribution < -0.4 is 4.74 Å². The number of hydrogen-bond acceptors (Lipinski definition) is 4. The molecule has 11 rings (SSSR count). The third-order valence-corrected chi connectivity index (χ3v) is 13.5. The van der Waals surface area contributed by atoms with Gasteiger partial charge in [0.1, 0.15) is 17.8 Å². The lowest BCUT2D eigenvalue weighted by Gasteiger charge is -2.57. The highest BCUT2D eigenvalue weighted by Gasteiger charge is 2.52. The molecule has 5 heterocycles. The third kappa shape index (κ3) is 7.88. The van der Waals surface area contributed by atoms with Crippen molar-refractivity contribution in [3.05, 3.63) is 205 Å². The monoisotopic (exact) mass is 815 g/mol. The highest BCUT2D eigenvalue weighted by Crippen LogP contribution is 2.48. The minimum atomic E-state index is -0.359. The Bertz CT molecular complexity index is 2740. The lowest BCUT2D eigenvalue weighted by atomic mass is 9.71. The van der Waals surface area contributed by atoms with Gasteiger partial charge in [-0.2, -0.15) is 4.98 Å². The molecule has 6 aromatic carbocycles. The van der Waals surface area contributed by atoms with Crippen molar-refractivity contribution in [1.82, 2.24) is 15.0 Å². The number of pyridine rings is 1. The molecule has 0 N–H and O–H groups in total. The van der Waals surface area contributed by atoms with Gasteiger partial charge in [-0.25, -0.2) is 4.98 Å². The summed E-state index contributed by atoms with van der Waals surface area (Å²) in [6.07, 6.45) is 6.85. The molecule has 5 atom stereocenters. The molecule has 0 saturated carbocycles. The topological polar surface area (TPSA) is 47.9 Å². The summed E-state index contributed by atoms with van der Waals surface area (Å²) in [5.41, 5.74) is 10.8. The van der Waals surface area contributed by atoms with Crippen LogP contribution in [0.1, 0.15) is 36.5 Å². The van der Waals surface area contributed by atoms with Crippen molar-refractivity contribution >= 4 is 22.5 Å². The predicted molar refractivity (Wildman–Crippen MR) is 249 cm³/mol. The van der Waals surface area contributed by atoms with Crippen LogP contribution >= 0.6 is 11.6 Å². The standard InChI is InChI=1S/C55H48ClN4O/c1-2-39-37-60(36-38-31-45(40-17-7-3-8-18-40)33-46(32-38)41-19-9-4-10-20-41)30-28-44(39)34-47(60)35-51(49-27-29-57-50-26-16-15-25-48(49)50)61-55-52(42-21-11-5-12-22-42)53(56)58-54(59-55)43-23-13-6-14-24-43/h2-27,29,31-33,39,44,47,51H,1,28,30,34-37H2/q+1/t39?,44?,47?,51-,60?/m1/s1. The molecule has 0 radical (unpaired) electrons. The molecule has 3 aliphatic rings. The molecular formula is C55H48ClN4O+. The van der Waals surface area contributed by atoms with Gasteiger partial charge >= 0.3 is 0 Å². The molecule has 3 aliphatic heterocycles. The van der Waals surface area contributed by atoms with Crippen molar-refractivity contribution in [3.63, 3.8) is 0 Å². The van der Waals surface area contributed by atoms with Gasteiger partial charge in [-0.1, -0.05) is 157 Å². The lowest BCUT2D eigenvalue weighted by molar-refractivity contribution is -0.981. The van der Waals surface area contributed by atoms with Crippen LogP contribution in [0, 0.1) is 11.8 Å². The first-order valence-corrected chi connectivity index (χ1v) is 21.8. The van der Waals surface area contributed by atoms with Crippen molar-refractivity contribution in [2.75, 3.05) is 13.1 Å². The summed E-state index contributed by atoms with van der Waals surface area (Å²) in [5, 5.41) is 1.44. The molecule has 0 amide bonds. The van der Waals surface area contributed by atoms with Crippen molar-refractivity contribution in [1.29, 1.82) is 0 Å². The van der Waals surface area contributed by atoms with E-state index in [0.29, 0.717) is 40.3 Å². The fourth-order valence-electron chi connectivity index (χ4n) is 10.2. The summed E-state index contributed by atoms with van der Waals surface area (Å²) < 4.78 is 8.42. The van der Waals surface area contributed by atoms with E-state index in [-0.39, 0.29) is 6.10 Å². The SMILES string of the molecule is C=CC1C[N+]2(Cc3cc(-c4ccccc4)cc(-c4ccccc4)c3)CCC1CC2C[C@@H](Oc1nc(-c2ccccc2)nc(Cl)c1-c1ccccc1)c1ccnc2ccccc12. The number of piperidine rings is 3. The maximum atomic E-state index is 7.46. The summed E-state index contributed by atoms with van der Waals surface area (Å²) in [6, 6.07) is 59.8. The van der Waals surface area contributed by atoms with Crippen LogP contribution in [0.4, 0.5) is 0 Å². The second kappa shape index (κ2) is 16.9. The first kappa shape index (κ1) is 38.8. The molecular weight excluding hydrogens is 768 g/mol. The normalized spacial score (nSPS) is 20.0. The van der Waals surface area contributed by atoms with Crippen LogP contribution in [0.5, 0.6) is 5.88 Å². The lowest BCUT2D eigenvalue weighted by Crippen LogP contribution is -2.66. The number of aromatic nitrogens is 3. The van der Waals surface area contributed by atoms with Gasteiger partial charge in [-0.15, -0.1) is 6.58 Å². The summed E-state index contributed by atoms with van der Waals surface area (Å²) in [6.45, 7) is 7.45. The van der Waals surface area contributed by atoms with Crippen molar-refractivity contribution in [3.8, 4) is 50.6 Å². The summed E-state index contributed by atoms with van der Waals surface area (Å²) in [4.78, 5) is 14.8. The third-order valence-electron chi connectivity index (χ3n) is 13.2. The Balaban J connectivity index is 1.10. The molecule has 8 aromatic rings. The van der Waals surface area contributed by atoms with Crippen LogP contribution in [0.25, 0.3) is 55.7 Å². The molecule has 3 fully saturated rings. The second-order valence-corrected chi connectivity index (χ2v) is 17.1. The Morgan fingerprint density at radius 3 is 1.95 bits per heavy atom. The molecule has 4 unspecified atom stereocenters. The van der Waals surface area contributed by atoms with E-state index >= 15 is 0 Å². The zero-order valence-electron chi connectivity index (χ0n) is 34.2. The minimum Gasteiger partial charge on any atom is -0.469 e. The average molecular weight is 816 g/mol. The van der Waals surface area contributed by atoms with E-state index in [1.165, 1.54) is 34.2 Å². The molecule has 2 bridgehead atoms. The van der Waals surface area contributed by atoms with E-state index < -0.39 is 0 Å². The first-order valence-electron chi connectivity index (χ1n) is 21.5. The number of ether oxygens (including phenoxy) is 1. The maximum absolute atomic E-state index is 7.46. The number of halogens is 1. The largest absolute Gasteiger partial charge is 0.469 e. The summed E-state index contributed by atoms with van der Waals surface area (Å²) >= 11 is 7.19. The van der Waals surface area contributed by atoms with Gasteiger partial charge in [0.25, 0.3) is 0 Å². The number of fused-ring (bicyclic) bond motifs is 4. The van der Waals surface area contributed by atoms with E-state index in [4.69, 9.17) is 31.3 Å². The van der Waals surface area contributed by atoms with Crippen LogP contribution in [0.3, 0.4) is 0 Å². The van der Waals surface area contributed by atoms with Crippen LogP contribution in [-0.4, -0.2) is 38.6 Å². The highest BCUT2D eigenvalue weighted by atomic mass is 35.5. The van der Waals surface area contributed by atoms with Gasteiger partial charge in [0.15, 0.2) is 5.82 Å². The van der Waals surface area contributed by atoms with E-state index in [9.17, 15) is 0 Å². The number of hydrogen-bond donors (Lipinski definition) is 0. The Morgan fingerprint density at radius 2 is 1.30 bits per heavy atom. The summed E-state index contributed by atoms with van der Waals surface area (Å²) in [7, 11) is 0. The fourth-order valence-corrected chi connectivity index (χ4v) is 10.4. The highest BCUT2D eigenvalue weighted by molar-refractivity contribution is 6.32. The number of quaternary nitrogens is 1. The van der Waals surface area contributed by atoms with Crippen molar-refractivity contribution < 1.29 is 9.22 Å². The van der Waals surface area contributed by atoms with E-state index in [1.807, 2.05) is 72.9 Å². The summed E-state index contributed by atoms with van der Waals surface area (Å²) in [5.74, 6) is 2.04. The number of para-hydroxylation sites is 1. The number of benzene rings is 6. The molecule has 3 saturated heterocycles. The number of rotatable bonds is 12. The van der Waals surface area contributed by atoms with Crippen molar-refractivity contribution in [2.24, 2.45) is 11.8 Å². The fraction of sp³-hybridized carbons (Fsp3) is 0.182. The first-order chi connectivity index (χ1) is 30.0. The van der Waals surface area contributed by atoms with Gasteiger partial charge in [0.05, 0.1) is 30.2 Å². The molecule has 5 nitrogen and oxygen atoms in total. The maximum Gasteiger partial charge on any atom is 0.227 e.